The molecule has 6 atom stereocenters. The largest absolute Gasteiger partial charge is 0.575 e. The van der Waals surface area contributed by atoms with Crippen LogP contribution in [0.5, 0.6) is 11.5 Å². The van der Waals surface area contributed by atoms with Crippen LogP contribution in [0, 0.1) is 0 Å². The fourth-order valence-electron chi connectivity index (χ4n) is 3.86. The maximum atomic E-state index is 15.2. The second-order valence-electron chi connectivity index (χ2n) is 8.58. The van der Waals surface area contributed by atoms with Crippen LogP contribution in [-0.2, 0) is 9.53 Å². The highest BCUT2D eigenvalue weighted by atomic mass is 31.1. The molecular formula is C23H24FN4O8P. The van der Waals surface area contributed by atoms with Crippen molar-refractivity contribution in [3.05, 3.63) is 59.1 Å². The quantitative estimate of drug-likeness (QED) is 0.360. The average Bonchev–Trinajstić information content (AvgIpc) is 3.06. The van der Waals surface area contributed by atoms with Crippen molar-refractivity contribution in [2.24, 2.45) is 4.74 Å². The van der Waals surface area contributed by atoms with Gasteiger partial charge in [0.2, 0.25) is 5.75 Å². The Morgan fingerprint density at radius 2 is 2.11 bits per heavy atom. The molecule has 12 nitrogen and oxygen atoms in total. The highest BCUT2D eigenvalue weighted by Crippen LogP contribution is 2.42. The molecule has 1 aliphatic heterocycles. The van der Waals surface area contributed by atoms with Crippen molar-refractivity contribution >= 4 is 30.7 Å². The monoisotopic (exact) mass is 534 g/mol. The molecule has 1 aliphatic rings. The van der Waals surface area contributed by atoms with E-state index in [1.54, 1.807) is 30.3 Å². The van der Waals surface area contributed by atoms with E-state index in [4.69, 9.17) is 24.8 Å². The van der Waals surface area contributed by atoms with Gasteiger partial charge in [-0.2, -0.15) is 4.98 Å². The summed E-state index contributed by atoms with van der Waals surface area (Å²) in [5.41, 5.74) is 2.57. The normalized spacial score (nSPS) is 24.7. The summed E-state index contributed by atoms with van der Waals surface area (Å²) in [5, 5.41) is 21.0. The van der Waals surface area contributed by atoms with E-state index in [-0.39, 0.29) is 17.3 Å². The number of rotatable bonds is 8. The Hall–Kier alpha value is -3.64. The molecule has 14 heteroatoms. The first-order valence-electron chi connectivity index (χ1n) is 11.1. The van der Waals surface area contributed by atoms with Gasteiger partial charge in [0.25, 0.3) is 0 Å². The molecule has 0 saturated carbocycles. The van der Waals surface area contributed by atoms with Crippen molar-refractivity contribution in [2.45, 2.75) is 44.0 Å². The third kappa shape index (κ3) is 5.39. The molecule has 0 spiro atoms. The van der Waals surface area contributed by atoms with Gasteiger partial charge in [0.15, 0.2) is 24.2 Å². The van der Waals surface area contributed by atoms with Crippen molar-refractivity contribution in [1.82, 2.24) is 9.55 Å². The molecule has 2 aromatic carbocycles. The number of aliphatic carboxylic acids is 1. The molecule has 0 aliphatic carbocycles. The van der Waals surface area contributed by atoms with E-state index in [1.165, 1.54) is 32.2 Å². The van der Waals surface area contributed by atoms with Crippen LogP contribution >= 0.6 is 8.17 Å². The highest BCUT2D eigenvalue weighted by Gasteiger charge is 2.55. The van der Waals surface area contributed by atoms with Crippen molar-refractivity contribution in [1.29, 1.82) is 0 Å². The van der Waals surface area contributed by atoms with Crippen molar-refractivity contribution in [3.8, 4) is 11.5 Å². The van der Waals surface area contributed by atoms with E-state index < -0.39 is 56.6 Å². The van der Waals surface area contributed by atoms with Gasteiger partial charge in [0, 0.05) is 11.6 Å². The first-order chi connectivity index (χ1) is 17.5. The van der Waals surface area contributed by atoms with Crippen molar-refractivity contribution < 1.29 is 38.3 Å². The zero-order chi connectivity index (χ0) is 26.9. The number of hydrogen-bond acceptors (Lipinski definition) is 10. The molecule has 1 aromatic heterocycles. The van der Waals surface area contributed by atoms with E-state index in [9.17, 15) is 19.6 Å². The van der Waals surface area contributed by atoms with E-state index in [0.29, 0.717) is 10.8 Å². The van der Waals surface area contributed by atoms with Crippen LogP contribution in [0.2, 0.25) is 0 Å². The van der Waals surface area contributed by atoms with Crippen molar-refractivity contribution in [3.63, 3.8) is 0 Å². The summed E-state index contributed by atoms with van der Waals surface area (Å²) in [7, 11) is -2.79. The fourth-order valence-corrected chi connectivity index (χ4v) is 4.63. The molecule has 1 fully saturated rings. The second-order valence-corrected chi connectivity index (χ2v) is 9.47. The first-order valence-corrected chi connectivity index (χ1v) is 12.2. The number of carboxylic acid groups (broad SMARTS) is 1. The zero-order valence-electron chi connectivity index (χ0n) is 19.7. The molecule has 2 unspecified atom stereocenters. The number of benzene rings is 2. The Bertz CT molecular complexity index is 1420. The smallest absolute Gasteiger partial charge is 0.395 e. The lowest BCUT2D eigenvalue weighted by atomic mass is 9.98. The predicted molar refractivity (Wildman–Crippen MR) is 129 cm³/mol. The zero-order valence-corrected chi connectivity index (χ0v) is 20.6. The van der Waals surface area contributed by atoms with E-state index in [2.05, 4.69) is 9.73 Å². The maximum absolute atomic E-state index is 15.2. The summed E-state index contributed by atoms with van der Waals surface area (Å²) in [6.45, 7) is 2.02. The number of carbonyl (C=O) groups is 1. The van der Waals surface area contributed by atoms with Gasteiger partial charge >= 0.3 is 19.8 Å². The summed E-state index contributed by atoms with van der Waals surface area (Å²) >= 11 is 0. The minimum atomic E-state index is -2.79. The summed E-state index contributed by atoms with van der Waals surface area (Å²) in [6, 6.07) is 10.2. The SMILES string of the molecule is CC(/N=[P+](\[O-])Oc1c(OC[C@H]2O[C@@H](n3ccc(N)nc3=O)[C@](C)(O)[C@@H]2F)ccc2ccccc12)C(=O)O. The summed E-state index contributed by atoms with van der Waals surface area (Å²) in [6.07, 6.45) is -3.44. The number of nitrogens with two attached hydrogens (primary N) is 1. The van der Waals surface area contributed by atoms with Gasteiger partial charge in [0.05, 0.1) is 0 Å². The molecule has 0 amide bonds. The van der Waals surface area contributed by atoms with Gasteiger partial charge in [-0.25, -0.2) is 14.0 Å². The number of nitrogen functional groups attached to an aromatic ring is 1. The van der Waals surface area contributed by atoms with Crippen LogP contribution in [0.3, 0.4) is 0 Å². The third-order valence-electron chi connectivity index (χ3n) is 5.83. The minimum absolute atomic E-state index is 0.0104. The molecule has 37 heavy (non-hydrogen) atoms. The number of aliphatic hydroxyl groups is 1. The molecule has 196 valence electrons. The number of hydrogen-bond donors (Lipinski definition) is 3. The lowest BCUT2D eigenvalue weighted by Crippen LogP contribution is -2.44. The molecule has 3 aromatic rings. The summed E-state index contributed by atoms with van der Waals surface area (Å²) < 4.78 is 36.7. The van der Waals surface area contributed by atoms with Crippen LogP contribution in [0.1, 0.15) is 20.1 Å². The standard InChI is InChI=1S/C23H24FN4O8P/c1-12(20(29)30)27-37(33)36-18-14-6-4-3-5-13(14)7-8-15(18)34-11-16-19(24)23(2,32)21(35-16)28-10-9-17(25)26-22(28)31/h3-10,12,16,19,21,32H,11H2,1-2H3,(H,29,30)(H2,25,26,31)/t12?,16-,19-,21-,23-/m1/s1. The molecule has 1 saturated heterocycles. The number of nitrogens with zero attached hydrogens (tertiary/aromatic N) is 3. The highest BCUT2D eigenvalue weighted by molar-refractivity contribution is 7.34. The molecular weight excluding hydrogens is 510 g/mol. The van der Waals surface area contributed by atoms with Gasteiger partial charge in [-0.05, 0) is 31.4 Å². The predicted octanol–water partition coefficient (Wildman–Crippen LogP) is 1.75. The topological polar surface area (TPSA) is 182 Å². The van der Waals surface area contributed by atoms with Gasteiger partial charge in [-0.3, -0.25) is 9.09 Å². The van der Waals surface area contributed by atoms with Crippen LogP contribution in [0.25, 0.3) is 10.8 Å². The molecule has 4 N–H and O–H groups in total. The summed E-state index contributed by atoms with van der Waals surface area (Å²) in [5.74, 6) is -1.24. The Morgan fingerprint density at radius 3 is 2.81 bits per heavy atom. The Balaban J connectivity index is 1.60. The van der Waals surface area contributed by atoms with E-state index in [1.807, 2.05) is 0 Å². The fraction of sp³-hybridized carbons (Fsp3) is 0.348. The number of alkyl halides is 1. The second kappa shape index (κ2) is 10.4. The molecule has 4 rings (SSSR count). The first kappa shape index (κ1) is 26.4. The Kier molecular flexibility index (Phi) is 7.42. The van der Waals surface area contributed by atoms with Gasteiger partial charge < -0.3 is 30.3 Å². The number of carboxylic acids is 1. The Labute approximate surface area is 210 Å². The number of anilines is 1. The van der Waals surface area contributed by atoms with Gasteiger partial charge in [0.1, 0.15) is 24.1 Å². The minimum Gasteiger partial charge on any atom is -0.575 e. The summed E-state index contributed by atoms with van der Waals surface area (Å²) in [4.78, 5) is 39.3. The average molecular weight is 534 g/mol. The van der Waals surface area contributed by atoms with Crippen LogP contribution < -0.4 is 25.6 Å². The molecule has 0 bridgehead atoms. The number of ether oxygens (including phenoxy) is 2. The van der Waals surface area contributed by atoms with Crippen LogP contribution in [-0.4, -0.2) is 56.3 Å². The number of halogens is 1. The van der Waals surface area contributed by atoms with E-state index in [0.717, 1.165) is 4.57 Å². The Morgan fingerprint density at radius 1 is 1.38 bits per heavy atom. The maximum Gasteiger partial charge on any atom is 0.395 e. The number of aromatic nitrogens is 2. The third-order valence-corrected chi connectivity index (χ3v) is 6.71. The lowest BCUT2D eigenvalue weighted by Gasteiger charge is -2.26. The van der Waals surface area contributed by atoms with Crippen LogP contribution in [0.15, 0.2) is 58.2 Å². The van der Waals surface area contributed by atoms with Gasteiger partial charge in [-0.15, -0.1) is 0 Å². The number of fused-ring (bicyclic) bond motifs is 1. The molecule has 0 radical (unpaired) electrons. The van der Waals surface area contributed by atoms with Gasteiger partial charge in [-0.1, -0.05) is 35.1 Å². The lowest BCUT2D eigenvalue weighted by molar-refractivity contribution is -0.169. The molecule has 2 heterocycles. The van der Waals surface area contributed by atoms with Crippen LogP contribution in [0.4, 0.5) is 10.2 Å². The van der Waals surface area contributed by atoms with E-state index >= 15 is 4.39 Å². The van der Waals surface area contributed by atoms with Crippen molar-refractivity contribution in [2.75, 3.05) is 12.3 Å².